The standard InChI is InChI=1S/C10H15N5O/c11-9(12)3-5-15(10(13)16)7-8-2-1-4-14-6-8/h1-2,4,6H,3,5,7H2,(H3,11,12)(H2,13,16). The van der Waals surface area contributed by atoms with Crippen LogP contribution in [0.2, 0.25) is 0 Å². The number of hydrogen-bond acceptors (Lipinski definition) is 3. The van der Waals surface area contributed by atoms with Gasteiger partial charge in [0.25, 0.3) is 0 Å². The quantitative estimate of drug-likeness (QED) is 0.491. The van der Waals surface area contributed by atoms with Crippen LogP contribution in [0.4, 0.5) is 4.79 Å². The molecule has 1 aromatic rings. The first-order valence-electron chi connectivity index (χ1n) is 4.86. The van der Waals surface area contributed by atoms with Crippen molar-refractivity contribution in [2.24, 2.45) is 11.5 Å². The number of primary amides is 1. The number of rotatable bonds is 5. The Labute approximate surface area is 93.8 Å². The summed E-state index contributed by atoms with van der Waals surface area (Å²) >= 11 is 0. The van der Waals surface area contributed by atoms with Gasteiger partial charge in [-0.2, -0.15) is 0 Å². The molecule has 6 nitrogen and oxygen atoms in total. The molecule has 86 valence electrons. The summed E-state index contributed by atoms with van der Waals surface area (Å²) in [6.07, 6.45) is 3.65. The SMILES string of the molecule is N=C(N)CCN(Cc1cccnc1)C(N)=O. The van der Waals surface area contributed by atoms with Crippen LogP contribution in [-0.4, -0.2) is 28.3 Å². The molecule has 0 aromatic carbocycles. The minimum Gasteiger partial charge on any atom is -0.388 e. The molecule has 0 unspecified atom stereocenters. The van der Waals surface area contributed by atoms with Gasteiger partial charge < -0.3 is 16.4 Å². The number of nitrogens with one attached hydrogen (secondary N) is 1. The molecule has 16 heavy (non-hydrogen) atoms. The normalized spacial score (nSPS) is 9.75. The number of nitrogens with two attached hydrogens (primary N) is 2. The molecule has 1 heterocycles. The molecule has 0 saturated carbocycles. The molecule has 0 radical (unpaired) electrons. The molecule has 0 aliphatic rings. The molecule has 0 bridgehead atoms. The number of carbonyl (C=O) groups excluding carboxylic acids is 1. The number of hydrogen-bond donors (Lipinski definition) is 3. The third-order valence-electron chi connectivity index (χ3n) is 2.06. The van der Waals surface area contributed by atoms with E-state index in [4.69, 9.17) is 16.9 Å². The second-order valence-electron chi connectivity index (χ2n) is 3.40. The van der Waals surface area contributed by atoms with Gasteiger partial charge in [-0.05, 0) is 11.6 Å². The van der Waals surface area contributed by atoms with Gasteiger partial charge in [0.2, 0.25) is 0 Å². The Morgan fingerprint density at radius 3 is 2.75 bits per heavy atom. The fraction of sp³-hybridized carbons (Fsp3) is 0.300. The molecule has 6 heteroatoms. The minimum atomic E-state index is -0.523. The first-order chi connectivity index (χ1) is 7.59. The van der Waals surface area contributed by atoms with Gasteiger partial charge in [0.05, 0.1) is 5.84 Å². The fourth-order valence-electron chi connectivity index (χ4n) is 1.23. The van der Waals surface area contributed by atoms with Gasteiger partial charge in [-0.25, -0.2) is 4.79 Å². The summed E-state index contributed by atoms with van der Waals surface area (Å²) in [6, 6.07) is 3.13. The van der Waals surface area contributed by atoms with E-state index in [1.165, 1.54) is 4.90 Å². The molecule has 0 atom stereocenters. The molecule has 1 rings (SSSR count). The number of pyridine rings is 1. The van der Waals surface area contributed by atoms with Gasteiger partial charge in [0.15, 0.2) is 0 Å². The predicted molar refractivity (Wildman–Crippen MR) is 60.8 cm³/mol. The lowest BCUT2D eigenvalue weighted by atomic mass is 10.2. The summed E-state index contributed by atoms with van der Waals surface area (Å²) in [6.45, 7) is 0.732. The highest BCUT2D eigenvalue weighted by Gasteiger charge is 2.10. The van der Waals surface area contributed by atoms with Gasteiger partial charge in [-0.3, -0.25) is 10.4 Å². The van der Waals surface area contributed by atoms with E-state index in [2.05, 4.69) is 4.98 Å². The van der Waals surface area contributed by atoms with E-state index < -0.39 is 6.03 Å². The van der Waals surface area contributed by atoms with Crippen molar-refractivity contribution in [1.82, 2.24) is 9.88 Å². The first-order valence-corrected chi connectivity index (χ1v) is 4.86. The largest absolute Gasteiger partial charge is 0.388 e. The van der Waals surface area contributed by atoms with Crippen LogP contribution in [0.25, 0.3) is 0 Å². The molecule has 0 spiro atoms. The zero-order valence-electron chi connectivity index (χ0n) is 8.89. The summed E-state index contributed by atoms with van der Waals surface area (Å²) in [5, 5.41) is 7.09. The van der Waals surface area contributed by atoms with Crippen molar-refractivity contribution < 1.29 is 4.79 Å². The Bertz CT molecular complexity index is 365. The van der Waals surface area contributed by atoms with Crippen LogP contribution < -0.4 is 11.5 Å². The summed E-state index contributed by atoms with van der Waals surface area (Å²) in [5.41, 5.74) is 11.3. The van der Waals surface area contributed by atoms with Gasteiger partial charge in [0.1, 0.15) is 0 Å². The van der Waals surface area contributed by atoms with Crippen molar-refractivity contribution in [3.63, 3.8) is 0 Å². The van der Waals surface area contributed by atoms with E-state index in [0.29, 0.717) is 19.5 Å². The van der Waals surface area contributed by atoms with Gasteiger partial charge >= 0.3 is 6.03 Å². The van der Waals surface area contributed by atoms with Crippen molar-refractivity contribution >= 4 is 11.9 Å². The highest BCUT2D eigenvalue weighted by Crippen LogP contribution is 2.03. The lowest BCUT2D eigenvalue weighted by Crippen LogP contribution is -2.37. The van der Waals surface area contributed by atoms with Crippen LogP contribution >= 0.6 is 0 Å². The lowest BCUT2D eigenvalue weighted by molar-refractivity contribution is 0.206. The van der Waals surface area contributed by atoms with Gasteiger partial charge in [0, 0.05) is 31.9 Å². The van der Waals surface area contributed by atoms with Crippen molar-refractivity contribution in [2.45, 2.75) is 13.0 Å². The Hall–Kier alpha value is -2.11. The number of carbonyl (C=O) groups is 1. The average Bonchev–Trinajstić information content (AvgIpc) is 2.25. The molecule has 0 aliphatic heterocycles. The van der Waals surface area contributed by atoms with Crippen LogP contribution in [0.15, 0.2) is 24.5 Å². The molecular weight excluding hydrogens is 206 g/mol. The summed E-state index contributed by atoms with van der Waals surface area (Å²) in [5.74, 6) is 0.0393. The zero-order valence-corrected chi connectivity index (χ0v) is 8.89. The smallest absolute Gasteiger partial charge is 0.315 e. The Morgan fingerprint density at radius 2 is 2.25 bits per heavy atom. The summed E-state index contributed by atoms with van der Waals surface area (Å²) in [4.78, 5) is 16.5. The predicted octanol–water partition coefficient (Wildman–Crippen LogP) is 0.288. The molecule has 0 fully saturated rings. The maximum absolute atomic E-state index is 11.1. The minimum absolute atomic E-state index is 0.0393. The summed E-state index contributed by atoms with van der Waals surface area (Å²) < 4.78 is 0. The van der Waals surface area contributed by atoms with Crippen LogP contribution in [0.1, 0.15) is 12.0 Å². The van der Waals surface area contributed by atoms with E-state index in [-0.39, 0.29) is 5.84 Å². The second-order valence-corrected chi connectivity index (χ2v) is 3.40. The number of amides is 2. The maximum atomic E-state index is 11.1. The molecular formula is C10H15N5O. The number of nitrogens with zero attached hydrogens (tertiary/aromatic N) is 2. The number of amidine groups is 1. The van der Waals surface area contributed by atoms with Crippen LogP contribution in [-0.2, 0) is 6.54 Å². The number of aromatic nitrogens is 1. The van der Waals surface area contributed by atoms with E-state index in [1.807, 2.05) is 6.07 Å². The Balaban J connectivity index is 2.58. The van der Waals surface area contributed by atoms with Gasteiger partial charge in [-0.1, -0.05) is 6.07 Å². The molecule has 2 amide bonds. The topological polar surface area (TPSA) is 109 Å². The molecule has 0 saturated heterocycles. The van der Waals surface area contributed by atoms with Crippen molar-refractivity contribution in [3.05, 3.63) is 30.1 Å². The average molecular weight is 221 g/mol. The van der Waals surface area contributed by atoms with Crippen LogP contribution in [0, 0.1) is 5.41 Å². The highest BCUT2D eigenvalue weighted by atomic mass is 16.2. The van der Waals surface area contributed by atoms with E-state index >= 15 is 0 Å². The van der Waals surface area contributed by atoms with Crippen molar-refractivity contribution in [2.75, 3.05) is 6.54 Å². The summed E-state index contributed by atoms with van der Waals surface area (Å²) in [7, 11) is 0. The van der Waals surface area contributed by atoms with Crippen molar-refractivity contribution in [3.8, 4) is 0 Å². The fourth-order valence-corrected chi connectivity index (χ4v) is 1.23. The monoisotopic (exact) mass is 221 g/mol. The lowest BCUT2D eigenvalue weighted by Gasteiger charge is -2.19. The Kier molecular flexibility index (Phi) is 4.26. The van der Waals surface area contributed by atoms with E-state index in [0.717, 1.165) is 5.56 Å². The maximum Gasteiger partial charge on any atom is 0.315 e. The van der Waals surface area contributed by atoms with Crippen LogP contribution in [0.5, 0.6) is 0 Å². The number of urea groups is 1. The van der Waals surface area contributed by atoms with Gasteiger partial charge in [-0.15, -0.1) is 0 Å². The van der Waals surface area contributed by atoms with E-state index in [1.54, 1.807) is 18.5 Å². The third-order valence-corrected chi connectivity index (χ3v) is 2.06. The third kappa shape index (κ3) is 3.95. The Morgan fingerprint density at radius 1 is 1.50 bits per heavy atom. The molecule has 5 N–H and O–H groups in total. The first kappa shape index (κ1) is 12.0. The van der Waals surface area contributed by atoms with Crippen molar-refractivity contribution in [1.29, 1.82) is 5.41 Å². The zero-order chi connectivity index (χ0) is 12.0. The van der Waals surface area contributed by atoms with E-state index in [9.17, 15) is 4.79 Å². The molecule has 1 aromatic heterocycles. The molecule has 0 aliphatic carbocycles. The second kappa shape index (κ2) is 5.69. The highest BCUT2D eigenvalue weighted by molar-refractivity contribution is 5.78. The van der Waals surface area contributed by atoms with Crippen LogP contribution in [0.3, 0.4) is 0 Å².